The first kappa shape index (κ1) is 12.2. The Kier molecular flexibility index (Phi) is 4.60. The number of nitrogens with one attached hydrogen (secondary N) is 1. The molecule has 0 saturated heterocycles. The molecule has 1 N–H and O–H groups in total. The third kappa shape index (κ3) is 3.88. The first-order chi connectivity index (χ1) is 8.36. The number of rotatable bonds is 3. The number of hydrogen-bond donors (Lipinski definition) is 1. The molecule has 1 atom stereocenters. The van der Waals surface area contributed by atoms with E-state index >= 15 is 0 Å². The van der Waals surface area contributed by atoms with E-state index in [4.69, 9.17) is 0 Å². The Morgan fingerprint density at radius 3 is 2.65 bits per heavy atom. The quantitative estimate of drug-likeness (QED) is 0.860. The van der Waals surface area contributed by atoms with E-state index in [2.05, 4.69) is 5.32 Å². The van der Waals surface area contributed by atoms with Gasteiger partial charge in [0.15, 0.2) is 0 Å². The van der Waals surface area contributed by atoms with Crippen LogP contribution in [0.15, 0.2) is 30.3 Å². The maximum atomic E-state index is 11.9. The van der Waals surface area contributed by atoms with E-state index in [0.717, 1.165) is 31.5 Å². The second kappa shape index (κ2) is 6.43. The molecule has 17 heavy (non-hydrogen) atoms. The lowest BCUT2D eigenvalue weighted by atomic mass is 9.90. The van der Waals surface area contributed by atoms with Crippen LogP contribution in [0, 0.1) is 5.92 Å². The van der Waals surface area contributed by atoms with Gasteiger partial charge in [-0.3, -0.25) is 4.79 Å². The van der Waals surface area contributed by atoms with Crippen molar-refractivity contribution in [3.05, 3.63) is 30.3 Å². The zero-order valence-electron chi connectivity index (χ0n) is 10.3. The highest BCUT2D eigenvalue weighted by Gasteiger charge is 2.19. The Morgan fingerprint density at radius 1 is 1.06 bits per heavy atom. The van der Waals surface area contributed by atoms with E-state index < -0.39 is 0 Å². The van der Waals surface area contributed by atoms with Crippen molar-refractivity contribution in [3.8, 4) is 0 Å². The predicted octanol–water partition coefficient (Wildman–Crippen LogP) is 3.64. The molecular weight excluding hydrogens is 210 g/mol. The van der Waals surface area contributed by atoms with E-state index in [1.807, 2.05) is 30.3 Å². The maximum absolute atomic E-state index is 11.9. The summed E-state index contributed by atoms with van der Waals surface area (Å²) in [6.07, 6.45) is 6.63. The van der Waals surface area contributed by atoms with Crippen LogP contribution in [0.3, 0.4) is 0 Å². The summed E-state index contributed by atoms with van der Waals surface area (Å²) in [5.41, 5.74) is 1.11. The highest BCUT2D eigenvalue weighted by Crippen LogP contribution is 2.20. The zero-order valence-corrected chi connectivity index (χ0v) is 10.3. The summed E-state index contributed by atoms with van der Waals surface area (Å²) in [4.78, 5) is 11.9. The minimum atomic E-state index is 0.218. The lowest BCUT2D eigenvalue weighted by Gasteiger charge is -2.19. The van der Waals surface area contributed by atoms with Crippen molar-refractivity contribution in [1.29, 1.82) is 0 Å². The number of para-hydroxylation sites is 1. The third-order valence-electron chi connectivity index (χ3n) is 3.51. The molecule has 0 bridgehead atoms. The van der Waals surface area contributed by atoms with Crippen molar-refractivity contribution in [2.45, 2.75) is 38.5 Å². The van der Waals surface area contributed by atoms with Crippen molar-refractivity contribution < 1.29 is 4.79 Å². The molecule has 0 spiro atoms. The van der Waals surface area contributed by atoms with Crippen LogP contribution in [0.2, 0.25) is 0 Å². The summed E-state index contributed by atoms with van der Waals surface area (Å²) in [6, 6.07) is 10.1. The molecule has 1 aromatic carbocycles. The summed E-state index contributed by atoms with van der Waals surface area (Å²) >= 11 is 0. The Morgan fingerprint density at radius 2 is 1.82 bits per heavy atom. The minimum Gasteiger partial charge on any atom is -0.384 e. The van der Waals surface area contributed by atoms with Gasteiger partial charge in [-0.1, -0.05) is 37.5 Å². The van der Waals surface area contributed by atoms with Crippen LogP contribution in [0.5, 0.6) is 0 Å². The average Bonchev–Trinajstić information content (AvgIpc) is 2.35. The minimum absolute atomic E-state index is 0.218. The monoisotopic (exact) mass is 231 g/mol. The summed E-state index contributed by atoms with van der Waals surface area (Å²) in [5.74, 6) is 0.670. The van der Waals surface area contributed by atoms with Gasteiger partial charge in [0.25, 0.3) is 0 Å². The van der Waals surface area contributed by atoms with Crippen molar-refractivity contribution in [2.24, 2.45) is 5.92 Å². The van der Waals surface area contributed by atoms with Crippen LogP contribution < -0.4 is 5.32 Å². The van der Waals surface area contributed by atoms with Gasteiger partial charge in [-0.25, -0.2) is 0 Å². The van der Waals surface area contributed by atoms with Crippen LogP contribution in [-0.2, 0) is 4.79 Å². The van der Waals surface area contributed by atoms with Gasteiger partial charge in [0.05, 0.1) is 0 Å². The first-order valence-electron chi connectivity index (χ1n) is 6.68. The van der Waals surface area contributed by atoms with Crippen LogP contribution in [0.25, 0.3) is 0 Å². The number of anilines is 1. The topological polar surface area (TPSA) is 29.1 Å². The molecule has 92 valence electrons. The van der Waals surface area contributed by atoms with Crippen LogP contribution in [0.1, 0.15) is 38.5 Å². The van der Waals surface area contributed by atoms with Crippen molar-refractivity contribution in [3.63, 3.8) is 0 Å². The van der Waals surface area contributed by atoms with Crippen molar-refractivity contribution >= 4 is 11.5 Å². The van der Waals surface area contributed by atoms with Gasteiger partial charge in [0.1, 0.15) is 5.78 Å². The summed E-state index contributed by atoms with van der Waals surface area (Å²) in [6.45, 7) is 0.794. The normalized spacial score (nSPS) is 21.6. The van der Waals surface area contributed by atoms with Crippen molar-refractivity contribution in [2.75, 3.05) is 11.9 Å². The van der Waals surface area contributed by atoms with E-state index in [9.17, 15) is 4.79 Å². The second-order valence-electron chi connectivity index (χ2n) is 4.86. The molecule has 0 radical (unpaired) electrons. The van der Waals surface area contributed by atoms with Crippen molar-refractivity contribution in [1.82, 2.24) is 0 Å². The Balaban J connectivity index is 1.85. The molecule has 2 rings (SSSR count). The second-order valence-corrected chi connectivity index (χ2v) is 4.86. The third-order valence-corrected chi connectivity index (χ3v) is 3.51. The van der Waals surface area contributed by atoms with E-state index in [1.54, 1.807) is 0 Å². The number of carbonyl (C=O) groups excluding carboxylic acids is 1. The van der Waals surface area contributed by atoms with E-state index in [0.29, 0.717) is 5.78 Å². The number of benzene rings is 1. The molecular formula is C15H21NO. The van der Waals surface area contributed by atoms with Gasteiger partial charge in [-0.15, -0.1) is 0 Å². The standard InChI is InChI=1S/C15H21NO/c17-15-11-7-2-1-4-8-13(15)12-16-14-9-5-3-6-10-14/h3,5-6,9-10,13,16H,1-2,4,7-8,11-12H2. The van der Waals surface area contributed by atoms with Gasteiger partial charge in [0, 0.05) is 24.6 Å². The summed E-state index contributed by atoms with van der Waals surface area (Å²) < 4.78 is 0. The van der Waals surface area contributed by atoms with Gasteiger partial charge in [-0.05, 0) is 25.0 Å². The van der Waals surface area contributed by atoms with Gasteiger partial charge in [0.2, 0.25) is 0 Å². The summed E-state index contributed by atoms with van der Waals surface area (Å²) in [7, 11) is 0. The fraction of sp³-hybridized carbons (Fsp3) is 0.533. The number of hydrogen-bond acceptors (Lipinski definition) is 2. The van der Waals surface area contributed by atoms with Gasteiger partial charge < -0.3 is 5.32 Å². The highest BCUT2D eigenvalue weighted by molar-refractivity contribution is 5.81. The Labute approximate surface area is 103 Å². The molecule has 0 amide bonds. The van der Waals surface area contributed by atoms with E-state index in [1.165, 1.54) is 19.3 Å². The molecule has 1 aromatic rings. The lowest BCUT2D eigenvalue weighted by Crippen LogP contribution is -2.24. The Bertz CT molecular complexity index is 347. The fourth-order valence-electron chi connectivity index (χ4n) is 2.42. The number of ketones is 1. The highest BCUT2D eigenvalue weighted by atomic mass is 16.1. The predicted molar refractivity (Wildman–Crippen MR) is 71.1 cm³/mol. The zero-order chi connectivity index (χ0) is 11.9. The smallest absolute Gasteiger partial charge is 0.137 e. The number of Topliss-reactive ketones (excluding diaryl/α,β-unsaturated/α-hetero) is 1. The summed E-state index contributed by atoms with van der Waals surface area (Å²) in [5, 5.41) is 3.37. The molecule has 1 unspecified atom stereocenters. The lowest BCUT2D eigenvalue weighted by molar-refractivity contribution is -0.123. The first-order valence-corrected chi connectivity index (χ1v) is 6.68. The van der Waals surface area contributed by atoms with E-state index in [-0.39, 0.29) is 5.92 Å². The molecule has 1 fully saturated rings. The molecule has 0 heterocycles. The number of carbonyl (C=O) groups is 1. The molecule has 0 aliphatic heterocycles. The van der Waals surface area contributed by atoms with Crippen LogP contribution in [-0.4, -0.2) is 12.3 Å². The molecule has 1 aliphatic rings. The molecule has 1 saturated carbocycles. The van der Waals surface area contributed by atoms with Crippen LogP contribution >= 0.6 is 0 Å². The fourth-order valence-corrected chi connectivity index (χ4v) is 2.42. The maximum Gasteiger partial charge on any atom is 0.137 e. The van der Waals surface area contributed by atoms with Gasteiger partial charge >= 0.3 is 0 Å². The molecule has 1 aliphatic carbocycles. The van der Waals surface area contributed by atoms with Crippen LogP contribution in [0.4, 0.5) is 5.69 Å². The van der Waals surface area contributed by atoms with Gasteiger partial charge in [-0.2, -0.15) is 0 Å². The SMILES string of the molecule is O=C1CCCCCCC1CNc1ccccc1. The Hall–Kier alpha value is -1.31. The molecule has 0 aromatic heterocycles. The molecule has 2 heteroatoms. The largest absolute Gasteiger partial charge is 0.384 e. The average molecular weight is 231 g/mol. The molecule has 2 nitrogen and oxygen atoms in total.